The number of allylic oxidation sites excluding steroid dienone is 9. The molecule has 1 amide bonds. The number of aliphatic hydroxyl groups is 7. The van der Waals surface area contributed by atoms with E-state index in [9.17, 15) is 50.0 Å². The Hall–Kier alpha value is -2.00. The molecule has 1 saturated carbocycles. The maximum atomic E-state index is 13.0. The zero-order chi connectivity index (χ0) is 48.7. The maximum absolute atomic E-state index is 13.0. The lowest BCUT2D eigenvalue weighted by atomic mass is 9.85. The minimum atomic E-state index is -5.15. The Kier molecular flexibility index (Phi) is 38.4. The van der Waals surface area contributed by atoms with Gasteiger partial charge in [-0.25, -0.2) is 4.57 Å². The molecule has 0 heterocycles. The van der Waals surface area contributed by atoms with Gasteiger partial charge in [0.25, 0.3) is 0 Å². The number of rotatable bonds is 42. The van der Waals surface area contributed by atoms with E-state index in [0.29, 0.717) is 19.3 Å². The first-order chi connectivity index (χ1) is 31.8. The van der Waals surface area contributed by atoms with Crippen LogP contribution in [-0.4, -0.2) is 108 Å². The van der Waals surface area contributed by atoms with Gasteiger partial charge in [-0.15, -0.1) is 0 Å². The molecule has 0 saturated heterocycles. The fourth-order valence-corrected chi connectivity index (χ4v) is 8.92. The van der Waals surface area contributed by atoms with Crippen LogP contribution in [-0.2, 0) is 18.4 Å². The first-order valence-corrected chi connectivity index (χ1v) is 27.3. The van der Waals surface area contributed by atoms with Crippen molar-refractivity contribution in [2.45, 2.75) is 255 Å². The molecule has 0 radical (unpaired) electrons. The van der Waals surface area contributed by atoms with E-state index in [1.807, 2.05) is 19.1 Å². The van der Waals surface area contributed by atoms with E-state index in [-0.39, 0.29) is 6.42 Å². The van der Waals surface area contributed by atoms with Gasteiger partial charge in [-0.2, -0.15) is 0 Å². The molecular weight excluding hydrogens is 862 g/mol. The Labute approximate surface area is 399 Å². The second kappa shape index (κ2) is 40.8. The monoisotopic (exact) mass is 956 g/mol. The van der Waals surface area contributed by atoms with Crippen molar-refractivity contribution in [3.63, 3.8) is 0 Å². The average molecular weight is 956 g/mol. The largest absolute Gasteiger partial charge is 0.472 e. The molecule has 1 rings (SSSR count). The molecule has 0 aliphatic heterocycles. The lowest BCUT2D eigenvalue weighted by Gasteiger charge is -2.41. The predicted octanol–water partition coefficient (Wildman–Crippen LogP) is 9.65. The highest BCUT2D eigenvalue weighted by Gasteiger charge is 2.51. The highest BCUT2D eigenvalue weighted by atomic mass is 31.2. The third-order valence-corrected chi connectivity index (χ3v) is 13.1. The zero-order valence-corrected chi connectivity index (χ0v) is 41.7. The molecule has 1 fully saturated rings. The number of phosphoric ester groups is 1. The van der Waals surface area contributed by atoms with Crippen molar-refractivity contribution < 1.29 is 59.0 Å². The summed E-state index contributed by atoms with van der Waals surface area (Å²) in [4.78, 5) is 23.4. The summed E-state index contributed by atoms with van der Waals surface area (Å²) in [6.45, 7) is 3.48. The van der Waals surface area contributed by atoms with Crippen LogP contribution in [0.4, 0.5) is 0 Å². The standard InChI is InChI=1S/C52H94NO12P/c1-3-5-7-9-11-13-14-15-16-17-18-19-20-21-22-23-24-25-26-27-28-29-30-32-33-35-37-39-43(54)41-46(56)53-44(45(55)40-38-36-34-31-12-10-8-6-4-2)42-64-66(62,63)65-52-50(60)48(58)47(57)49(59)51(52)61/h4,6,12,18-19,21-22,31,38,40,43-45,47-52,54-55,57-61H,3,5,7-11,13-17,20,23-30,32-37,39,41-42H2,1-2H3,(H,53,56)(H,62,63)/b6-4+,19-18-,22-21-,31-12+,40-38+. The molecule has 1 aliphatic carbocycles. The summed E-state index contributed by atoms with van der Waals surface area (Å²) in [7, 11) is -5.15. The van der Waals surface area contributed by atoms with E-state index in [4.69, 9.17) is 9.05 Å². The lowest BCUT2D eigenvalue weighted by Crippen LogP contribution is -2.64. The fourth-order valence-electron chi connectivity index (χ4n) is 7.96. The number of amides is 1. The van der Waals surface area contributed by atoms with Crippen LogP contribution in [0, 0.1) is 0 Å². The van der Waals surface area contributed by atoms with Crippen molar-refractivity contribution in [2.24, 2.45) is 0 Å². The number of phosphoric acid groups is 1. The molecule has 0 aromatic rings. The minimum Gasteiger partial charge on any atom is -0.393 e. The zero-order valence-electron chi connectivity index (χ0n) is 40.8. The summed E-state index contributed by atoms with van der Waals surface area (Å²) in [6, 6.07) is -1.26. The van der Waals surface area contributed by atoms with Crippen molar-refractivity contribution in [2.75, 3.05) is 6.61 Å². The predicted molar refractivity (Wildman–Crippen MR) is 266 cm³/mol. The highest BCUT2D eigenvalue weighted by Crippen LogP contribution is 2.47. The highest BCUT2D eigenvalue weighted by molar-refractivity contribution is 7.47. The van der Waals surface area contributed by atoms with Crippen LogP contribution in [0.2, 0.25) is 0 Å². The number of aliphatic hydroxyl groups excluding tert-OH is 7. The third-order valence-electron chi connectivity index (χ3n) is 12.1. The van der Waals surface area contributed by atoms with Crippen LogP contribution >= 0.6 is 7.82 Å². The molecule has 384 valence electrons. The molecule has 13 nitrogen and oxygen atoms in total. The molecule has 1 aliphatic rings. The van der Waals surface area contributed by atoms with E-state index in [2.05, 4.69) is 48.7 Å². The van der Waals surface area contributed by atoms with Crippen LogP contribution in [0.25, 0.3) is 0 Å². The summed E-state index contributed by atoms with van der Waals surface area (Å²) >= 11 is 0. The van der Waals surface area contributed by atoms with Crippen molar-refractivity contribution >= 4 is 13.7 Å². The van der Waals surface area contributed by atoms with E-state index in [1.54, 1.807) is 6.08 Å². The van der Waals surface area contributed by atoms with E-state index in [0.717, 1.165) is 51.4 Å². The number of unbranched alkanes of at least 4 members (excludes halogenated alkanes) is 22. The molecule has 14 heteroatoms. The molecule has 0 bridgehead atoms. The Balaban J connectivity index is 2.32. The van der Waals surface area contributed by atoms with E-state index < -0.39 is 75.2 Å². The van der Waals surface area contributed by atoms with Gasteiger partial charge in [0.05, 0.1) is 31.3 Å². The van der Waals surface area contributed by atoms with Gasteiger partial charge < -0.3 is 46.0 Å². The molecule has 0 spiro atoms. The smallest absolute Gasteiger partial charge is 0.393 e. The summed E-state index contributed by atoms with van der Waals surface area (Å²) < 4.78 is 22.8. The number of hydrogen-bond acceptors (Lipinski definition) is 11. The second-order valence-corrected chi connectivity index (χ2v) is 19.6. The third kappa shape index (κ3) is 31.9. The molecule has 66 heavy (non-hydrogen) atoms. The molecule has 8 unspecified atom stereocenters. The SMILES string of the molecule is C/C=C/CC/C=C/CC/C=C/C(O)C(COP(=O)(O)OC1C(O)C(O)C(O)C(O)C1O)NC(=O)CC(O)CCCCCCCCCCCCC/C=C\C/C=C\CCCCCCCCCCC. The van der Waals surface area contributed by atoms with Crippen molar-refractivity contribution in [3.8, 4) is 0 Å². The van der Waals surface area contributed by atoms with Gasteiger partial charge in [-0.1, -0.05) is 183 Å². The van der Waals surface area contributed by atoms with Crippen LogP contribution in [0.15, 0.2) is 60.8 Å². The molecular formula is C52H94NO12P. The Bertz CT molecular complexity index is 1360. The molecule has 0 aromatic heterocycles. The van der Waals surface area contributed by atoms with Gasteiger partial charge in [-0.05, 0) is 71.1 Å². The summed E-state index contributed by atoms with van der Waals surface area (Å²) in [5.41, 5.74) is 0. The summed E-state index contributed by atoms with van der Waals surface area (Å²) in [6.07, 6.45) is 38.0. The number of nitrogens with one attached hydrogen (secondary N) is 1. The van der Waals surface area contributed by atoms with Crippen molar-refractivity contribution in [3.05, 3.63) is 60.8 Å². The van der Waals surface area contributed by atoms with Crippen molar-refractivity contribution in [1.29, 1.82) is 0 Å². The molecule has 9 N–H and O–H groups in total. The van der Waals surface area contributed by atoms with Crippen molar-refractivity contribution in [1.82, 2.24) is 5.32 Å². The Morgan fingerprint density at radius 3 is 1.50 bits per heavy atom. The summed E-state index contributed by atoms with van der Waals surface area (Å²) in [5.74, 6) is -0.612. The normalized spacial score (nSPS) is 22.9. The molecule has 8 atom stereocenters. The van der Waals surface area contributed by atoms with Gasteiger partial charge in [0, 0.05) is 0 Å². The topological polar surface area (TPSA) is 226 Å². The maximum Gasteiger partial charge on any atom is 0.472 e. The summed E-state index contributed by atoms with van der Waals surface area (Å²) in [5, 5.41) is 74.3. The Morgan fingerprint density at radius 1 is 0.576 bits per heavy atom. The van der Waals surface area contributed by atoms with E-state index >= 15 is 0 Å². The first-order valence-electron chi connectivity index (χ1n) is 25.8. The fraction of sp³-hybridized carbons (Fsp3) is 0.788. The molecule has 0 aromatic carbocycles. The Morgan fingerprint density at radius 2 is 1.00 bits per heavy atom. The number of carbonyl (C=O) groups excluding carboxylic acids is 1. The van der Waals surface area contributed by atoms with Gasteiger partial charge in [0.1, 0.15) is 36.6 Å². The lowest BCUT2D eigenvalue weighted by molar-refractivity contribution is -0.220. The quantitative estimate of drug-likeness (QED) is 0.0158. The van der Waals surface area contributed by atoms with E-state index in [1.165, 1.54) is 115 Å². The van der Waals surface area contributed by atoms with Gasteiger partial charge in [-0.3, -0.25) is 13.8 Å². The minimum absolute atomic E-state index is 0.260. The number of carbonyl (C=O) groups is 1. The average Bonchev–Trinajstić information content (AvgIpc) is 3.29. The van der Waals surface area contributed by atoms with Gasteiger partial charge in [0.15, 0.2) is 0 Å². The van der Waals surface area contributed by atoms with Crippen LogP contribution in [0.5, 0.6) is 0 Å². The van der Waals surface area contributed by atoms with Gasteiger partial charge in [0.2, 0.25) is 5.91 Å². The second-order valence-electron chi connectivity index (χ2n) is 18.2. The van der Waals surface area contributed by atoms with Crippen LogP contribution in [0.3, 0.4) is 0 Å². The first kappa shape index (κ1) is 62.0. The van der Waals surface area contributed by atoms with Gasteiger partial charge >= 0.3 is 7.82 Å². The van der Waals surface area contributed by atoms with Crippen LogP contribution < -0.4 is 5.32 Å². The van der Waals surface area contributed by atoms with Crippen LogP contribution in [0.1, 0.15) is 200 Å². The number of hydrogen-bond donors (Lipinski definition) is 9.